The van der Waals surface area contributed by atoms with Crippen LogP contribution >= 0.6 is 7.14 Å². The normalized spacial score (nSPS) is 11.8. The van der Waals surface area contributed by atoms with Gasteiger partial charge in [0.15, 0.2) is 7.14 Å². The zero-order valence-electron chi connectivity index (χ0n) is 26.3. The monoisotopic (exact) mass is 630 g/mol. The number of hydrogen-bond acceptors (Lipinski definition) is 1. The summed E-state index contributed by atoms with van der Waals surface area (Å²) in [6.45, 7) is 0. The second-order valence-electron chi connectivity index (χ2n) is 12.5. The fourth-order valence-electron chi connectivity index (χ4n) is 7.32. The molecule has 0 saturated carbocycles. The van der Waals surface area contributed by atoms with Crippen molar-refractivity contribution in [3.63, 3.8) is 0 Å². The molecule has 0 N–H and O–H groups in total. The number of benzene rings is 9. The van der Waals surface area contributed by atoms with Crippen LogP contribution in [-0.4, -0.2) is 0 Å². The van der Waals surface area contributed by atoms with Crippen LogP contribution in [0.3, 0.4) is 0 Å². The van der Waals surface area contributed by atoms with Gasteiger partial charge in [-0.15, -0.1) is 0 Å². The van der Waals surface area contributed by atoms with E-state index in [2.05, 4.69) is 115 Å². The highest BCUT2D eigenvalue weighted by Crippen LogP contribution is 2.43. The molecule has 0 bridgehead atoms. The van der Waals surface area contributed by atoms with E-state index in [9.17, 15) is 4.57 Å². The van der Waals surface area contributed by atoms with Crippen LogP contribution in [0.2, 0.25) is 0 Å². The highest BCUT2D eigenvalue weighted by Gasteiger charge is 2.29. The summed E-state index contributed by atoms with van der Waals surface area (Å²) < 4.78 is 14.8. The Kier molecular flexibility index (Phi) is 6.82. The molecular weight excluding hydrogens is 599 g/mol. The lowest BCUT2D eigenvalue weighted by Gasteiger charge is -2.20. The Morgan fingerprint density at radius 1 is 0.312 bits per heavy atom. The Hall–Kier alpha value is -5.75. The molecule has 9 aromatic rings. The molecule has 0 aromatic heterocycles. The van der Waals surface area contributed by atoms with Gasteiger partial charge in [-0.25, -0.2) is 0 Å². The zero-order valence-corrected chi connectivity index (χ0v) is 27.1. The van der Waals surface area contributed by atoms with Crippen LogP contribution in [0.5, 0.6) is 0 Å². The maximum absolute atomic E-state index is 14.8. The van der Waals surface area contributed by atoms with E-state index >= 15 is 0 Å². The van der Waals surface area contributed by atoms with Crippen molar-refractivity contribution >= 4 is 55.4 Å². The molecule has 9 rings (SSSR count). The highest BCUT2D eigenvalue weighted by molar-refractivity contribution is 7.85. The predicted molar refractivity (Wildman–Crippen MR) is 206 cm³/mol. The molecule has 0 aliphatic rings. The maximum Gasteiger partial charge on any atom is 0.171 e. The second kappa shape index (κ2) is 11.5. The Morgan fingerprint density at radius 3 is 1.40 bits per heavy atom. The molecule has 9 aromatic carbocycles. The van der Waals surface area contributed by atoms with Gasteiger partial charge in [-0.2, -0.15) is 0 Å². The van der Waals surface area contributed by atoms with Crippen molar-refractivity contribution in [1.82, 2.24) is 0 Å². The quantitative estimate of drug-likeness (QED) is 0.132. The summed E-state index contributed by atoms with van der Waals surface area (Å²) in [5.74, 6) is 0. The lowest BCUT2D eigenvalue weighted by molar-refractivity contribution is 0.592. The summed E-state index contributed by atoms with van der Waals surface area (Å²) in [5, 5.41) is 10.3. The molecule has 0 unspecified atom stereocenters. The molecule has 0 fully saturated rings. The van der Waals surface area contributed by atoms with E-state index in [0.717, 1.165) is 32.6 Å². The van der Waals surface area contributed by atoms with Crippen molar-refractivity contribution in [2.45, 2.75) is 0 Å². The Balaban J connectivity index is 1.09. The van der Waals surface area contributed by atoms with Crippen LogP contribution < -0.4 is 15.9 Å². The predicted octanol–water partition coefficient (Wildman–Crippen LogP) is 11.2. The average molecular weight is 631 g/mol. The first-order chi connectivity index (χ1) is 23.7. The summed E-state index contributed by atoms with van der Waals surface area (Å²) >= 11 is 0. The van der Waals surface area contributed by atoms with Crippen molar-refractivity contribution in [2.24, 2.45) is 0 Å². The largest absolute Gasteiger partial charge is 0.309 e. The Morgan fingerprint density at radius 2 is 0.771 bits per heavy atom. The van der Waals surface area contributed by atoms with Crippen LogP contribution in [0.25, 0.3) is 65.7 Å². The third kappa shape index (κ3) is 4.67. The molecule has 0 spiro atoms. The highest BCUT2D eigenvalue weighted by atomic mass is 31.2. The van der Waals surface area contributed by atoms with Crippen LogP contribution in [0.1, 0.15) is 0 Å². The molecule has 1 nitrogen and oxygen atoms in total. The molecule has 0 radical (unpaired) electrons. The van der Waals surface area contributed by atoms with E-state index in [0.29, 0.717) is 0 Å². The van der Waals surface area contributed by atoms with Gasteiger partial charge in [-0.1, -0.05) is 176 Å². The lowest BCUT2D eigenvalue weighted by atomic mass is 9.89. The third-order valence-electron chi connectivity index (χ3n) is 9.70. The maximum atomic E-state index is 14.8. The molecule has 0 aliphatic heterocycles. The molecule has 226 valence electrons. The van der Waals surface area contributed by atoms with Gasteiger partial charge in [0, 0.05) is 15.9 Å². The van der Waals surface area contributed by atoms with Gasteiger partial charge in [0.25, 0.3) is 0 Å². The van der Waals surface area contributed by atoms with Gasteiger partial charge in [-0.3, -0.25) is 0 Å². The molecule has 2 heteroatoms. The van der Waals surface area contributed by atoms with E-state index < -0.39 is 7.14 Å². The lowest BCUT2D eigenvalue weighted by Crippen LogP contribution is -2.24. The molecule has 0 aliphatic carbocycles. The zero-order chi connectivity index (χ0) is 32.1. The minimum atomic E-state index is -3.02. The van der Waals surface area contributed by atoms with Gasteiger partial charge in [0.2, 0.25) is 0 Å². The summed E-state index contributed by atoms with van der Waals surface area (Å²) in [6, 6.07) is 65.7. The topological polar surface area (TPSA) is 17.1 Å². The van der Waals surface area contributed by atoms with Crippen molar-refractivity contribution in [3.05, 3.63) is 188 Å². The second-order valence-corrected chi connectivity index (χ2v) is 15.2. The van der Waals surface area contributed by atoms with Gasteiger partial charge >= 0.3 is 0 Å². The van der Waals surface area contributed by atoms with Crippen LogP contribution in [0.15, 0.2) is 188 Å². The minimum Gasteiger partial charge on any atom is -0.309 e. The van der Waals surface area contributed by atoms with Crippen LogP contribution in [0.4, 0.5) is 0 Å². The van der Waals surface area contributed by atoms with Gasteiger partial charge in [-0.05, 0) is 77.8 Å². The van der Waals surface area contributed by atoms with Crippen molar-refractivity contribution in [1.29, 1.82) is 0 Å². The van der Waals surface area contributed by atoms with Crippen molar-refractivity contribution in [3.8, 4) is 33.4 Å². The van der Waals surface area contributed by atoms with Crippen LogP contribution in [-0.2, 0) is 4.57 Å². The minimum absolute atomic E-state index is 0.834. The average Bonchev–Trinajstić information content (AvgIpc) is 3.17. The molecule has 0 heterocycles. The Bertz CT molecular complexity index is 2560. The first-order valence-electron chi connectivity index (χ1n) is 16.4. The standard InChI is InChI=1S/C46H31OP/c47-48(40-16-3-1-4-17-40,41-18-5-2-6-19-41)42-26-22-32(23-27-42)36-12-8-13-37(30-36)38-14-9-15-39(31-38)43-28-24-35-21-20-33-10-7-11-34-25-29-44(43)46(35)45(33)34/h1-31H. The van der Waals surface area contributed by atoms with E-state index in [4.69, 9.17) is 0 Å². The molecular formula is C46H31OP. The molecule has 0 atom stereocenters. The molecule has 0 amide bonds. The fraction of sp³-hybridized carbons (Fsp3) is 0. The summed E-state index contributed by atoms with van der Waals surface area (Å²) in [7, 11) is -3.02. The number of hydrogen-bond donors (Lipinski definition) is 0. The van der Waals surface area contributed by atoms with Crippen LogP contribution in [0, 0.1) is 0 Å². The van der Waals surface area contributed by atoms with Gasteiger partial charge in [0.05, 0.1) is 0 Å². The van der Waals surface area contributed by atoms with Gasteiger partial charge in [0.1, 0.15) is 0 Å². The van der Waals surface area contributed by atoms with Crippen molar-refractivity contribution < 1.29 is 4.57 Å². The Labute approximate surface area is 280 Å². The van der Waals surface area contributed by atoms with E-state index in [1.54, 1.807) is 0 Å². The third-order valence-corrected chi connectivity index (χ3v) is 12.8. The van der Waals surface area contributed by atoms with Gasteiger partial charge < -0.3 is 4.57 Å². The smallest absolute Gasteiger partial charge is 0.171 e. The summed E-state index contributed by atoms with van der Waals surface area (Å²) in [6.07, 6.45) is 0. The molecule has 0 saturated heterocycles. The summed E-state index contributed by atoms with van der Waals surface area (Å²) in [5.41, 5.74) is 7.01. The number of rotatable bonds is 6. The van der Waals surface area contributed by atoms with Crippen molar-refractivity contribution in [2.75, 3.05) is 0 Å². The first kappa shape index (κ1) is 28.5. The first-order valence-corrected chi connectivity index (χ1v) is 18.1. The fourth-order valence-corrected chi connectivity index (χ4v) is 9.97. The SMILES string of the molecule is O=P(c1ccccc1)(c1ccccc1)c1ccc(-c2cccc(-c3cccc(-c4ccc5ccc6cccc7ccc4c5c67)c3)c2)cc1. The summed E-state index contributed by atoms with van der Waals surface area (Å²) in [4.78, 5) is 0. The molecule has 48 heavy (non-hydrogen) atoms. The van der Waals surface area contributed by atoms with E-state index in [-0.39, 0.29) is 0 Å². The van der Waals surface area contributed by atoms with E-state index in [1.807, 2.05) is 72.8 Å². The van der Waals surface area contributed by atoms with E-state index in [1.165, 1.54) is 49.0 Å².